The third-order valence-corrected chi connectivity index (χ3v) is 3.83. The van der Waals surface area contributed by atoms with Gasteiger partial charge < -0.3 is 19.5 Å². The molecule has 5 heteroatoms. The highest BCUT2D eigenvalue weighted by atomic mass is 16.6. The van der Waals surface area contributed by atoms with Crippen LogP contribution in [0.3, 0.4) is 0 Å². The zero-order valence-electron chi connectivity index (χ0n) is 14.4. The fourth-order valence-corrected chi connectivity index (χ4v) is 2.71. The molecule has 0 aromatic heterocycles. The van der Waals surface area contributed by atoms with Crippen molar-refractivity contribution >= 4 is 12.0 Å². The average Bonchev–Trinajstić information content (AvgIpc) is 2.60. The molecule has 1 aromatic carbocycles. The maximum atomic E-state index is 11.6. The van der Waals surface area contributed by atoms with E-state index >= 15 is 0 Å². The molecule has 0 heterocycles. The predicted octanol–water partition coefficient (Wildman–Crippen LogP) is 2.66. The fourth-order valence-electron chi connectivity index (χ4n) is 2.71. The first-order valence-corrected chi connectivity index (χ1v) is 7.63. The lowest BCUT2D eigenvalue weighted by molar-refractivity contribution is -0.145. The zero-order chi connectivity index (χ0) is 17.6. The summed E-state index contributed by atoms with van der Waals surface area (Å²) in [6.07, 6.45) is 7.16. The van der Waals surface area contributed by atoms with Gasteiger partial charge in [-0.2, -0.15) is 0 Å². The summed E-state index contributed by atoms with van der Waals surface area (Å²) in [4.78, 5) is 11.6. The second-order valence-electron chi connectivity index (χ2n) is 5.40. The molecule has 0 aliphatic heterocycles. The first-order chi connectivity index (χ1) is 11.6. The molecule has 0 bridgehead atoms. The van der Waals surface area contributed by atoms with E-state index in [4.69, 9.17) is 14.2 Å². The van der Waals surface area contributed by atoms with Crippen LogP contribution in [0, 0.1) is 0 Å². The second-order valence-corrected chi connectivity index (χ2v) is 5.40. The molecule has 0 saturated carbocycles. The zero-order valence-corrected chi connectivity index (χ0v) is 14.4. The molecule has 1 amide bonds. The van der Waals surface area contributed by atoms with Gasteiger partial charge in [0.15, 0.2) is 5.76 Å². The quantitative estimate of drug-likeness (QED) is 0.815. The summed E-state index contributed by atoms with van der Waals surface area (Å²) < 4.78 is 16.6. The standard InChI is InChI=1S/C19H23NO4/c1-14(21)20-19(24-4)17(22-2)12-16(13-18(19)23-3)11-10-15-8-6-5-7-9-15/h5-13,17H,1-4H3,(H,20,21). The molecule has 24 heavy (non-hydrogen) atoms. The molecule has 0 spiro atoms. The van der Waals surface area contributed by atoms with Crippen molar-refractivity contribution in [3.05, 3.63) is 65.5 Å². The van der Waals surface area contributed by atoms with Gasteiger partial charge in [-0.1, -0.05) is 42.5 Å². The van der Waals surface area contributed by atoms with Crippen molar-refractivity contribution in [3.63, 3.8) is 0 Å². The van der Waals surface area contributed by atoms with Gasteiger partial charge in [0, 0.05) is 21.1 Å². The van der Waals surface area contributed by atoms with Crippen LogP contribution in [0.2, 0.25) is 0 Å². The number of allylic oxidation sites excluding steroid dienone is 3. The Morgan fingerprint density at radius 2 is 1.88 bits per heavy atom. The minimum atomic E-state index is -1.18. The summed E-state index contributed by atoms with van der Waals surface area (Å²) in [5.41, 5.74) is 0.810. The van der Waals surface area contributed by atoms with Crippen LogP contribution in [0.4, 0.5) is 0 Å². The molecule has 0 radical (unpaired) electrons. The Kier molecular flexibility index (Phi) is 5.95. The minimum absolute atomic E-state index is 0.237. The van der Waals surface area contributed by atoms with E-state index in [2.05, 4.69) is 5.32 Å². The number of carbonyl (C=O) groups excluding carboxylic acids is 1. The summed E-state index contributed by atoms with van der Waals surface area (Å²) in [6.45, 7) is 1.43. The summed E-state index contributed by atoms with van der Waals surface area (Å²) in [5.74, 6) is 0.237. The van der Waals surface area contributed by atoms with Crippen molar-refractivity contribution in [1.29, 1.82) is 0 Å². The molecule has 2 atom stereocenters. The number of amides is 1. The molecule has 0 saturated heterocycles. The number of benzene rings is 1. The van der Waals surface area contributed by atoms with Crippen molar-refractivity contribution in [2.75, 3.05) is 21.3 Å². The van der Waals surface area contributed by atoms with E-state index in [1.54, 1.807) is 7.11 Å². The Labute approximate surface area is 142 Å². The Bertz CT molecular complexity index is 663. The molecule has 2 rings (SSSR count). The lowest BCUT2D eigenvalue weighted by Crippen LogP contribution is -2.60. The Balaban J connectivity index is 2.36. The third kappa shape index (κ3) is 3.75. The number of ether oxygens (including phenoxy) is 3. The monoisotopic (exact) mass is 329 g/mol. The van der Waals surface area contributed by atoms with Crippen molar-refractivity contribution in [1.82, 2.24) is 5.32 Å². The van der Waals surface area contributed by atoms with Gasteiger partial charge in [0.25, 0.3) is 0 Å². The molecule has 0 fully saturated rings. The number of hydrogen-bond donors (Lipinski definition) is 1. The van der Waals surface area contributed by atoms with E-state index in [-0.39, 0.29) is 5.91 Å². The van der Waals surface area contributed by atoms with Crippen molar-refractivity contribution < 1.29 is 19.0 Å². The molecule has 1 aliphatic rings. The Morgan fingerprint density at radius 3 is 2.42 bits per heavy atom. The van der Waals surface area contributed by atoms with Crippen molar-refractivity contribution in [2.45, 2.75) is 18.8 Å². The van der Waals surface area contributed by atoms with Gasteiger partial charge in [-0.25, -0.2) is 0 Å². The summed E-state index contributed by atoms with van der Waals surface area (Å²) in [5, 5.41) is 2.79. The fraction of sp³-hybridized carbons (Fsp3) is 0.316. The van der Waals surface area contributed by atoms with Gasteiger partial charge in [0.05, 0.1) is 7.11 Å². The summed E-state index contributed by atoms with van der Waals surface area (Å²) in [6, 6.07) is 9.98. The van der Waals surface area contributed by atoms with Crippen LogP contribution in [0.5, 0.6) is 0 Å². The maximum Gasteiger partial charge on any atom is 0.229 e. The smallest absolute Gasteiger partial charge is 0.229 e. The number of hydrogen-bond acceptors (Lipinski definition) is 4. The topological polar surface area (TPSA) is 56.8 Å². The molecular weight excluding hydrogens is 306 g/mol. The van der Waals surface area contributed by atoms with Crippen LogP contribution in [0.25, 0.3) is 6.08 Å². The molecular formula is C19H23NO4. The first-order valence-electron chi connectivity index (χ1n) is 7.63. The normalized spacial score (nSPS) is 23.6. The highest BCUT2D eigenvalue weighted by molar-refractivity contribution is 5.74. The average molecular weight is 329 g/mol. The van der Waals surface area contributed by atoms with E-state index in [0.717, 1.165) is 11.1 Å². The van der Waals surface area contributed by atoms with Gasteiger partial charge in [0.2, 0.25) is 11.6 Å². The van der Waals surface area contributed by atoms with Crippen LogP contribution >= 0.6 is 0 Å². The molecule has 128 valence electrons. The van der Waals surface area contributed by atoms with Crippen molar-refractivity contribution in [2.24, 2.45) is 0 Å². The van der Waals surface area contributed by atoms with Gasteiger partial charge >= 0.3 is 0 Å². The van der Waals surface area contributed by atoms with Gasteiger partial charge in [0.1, 0.15) is 6.10 Å². The first kappa shape index (κ1) is 18.0. The van der Waals surface area contributed by atoms with Gasteiger partial charge in [-0.15, -0.1) is 0 Å². The van der Waals surface area contributed by atoms with Crippen LogP contribution in [0.1, 0.15) is 12.5 Å². The lowest BCUT2D eigenvalue weighted by atomic mass is 9.93. The number of rotatable bonds is 6. The second kappa shape index (κ2) is 7.95. The largest absolute Gasteiger partial charge is 0.496 e. The van der Waals surface area contributed by atoms with Crippen LogP contribution in [-0.2, 0) is 19.0 Å². The highest BCUT2D eigenvalue weighted by Gasteiger charge is 2.46. The minimum Gasteiger partial charge on any atom is -0.496 e. The number of methoxy groups -OCH3 is 3. The van der Waals surface area contributed by atoms with Crippen LogP contribution < -0.4 is 5.32 Å². The number of carbonyl (C=O) groups is 1. The Hall–Kier alpha value is -2.37. The molecule has 2 unspecified atom stereocenters. The van der Waals surface area contributed by atoms with E-state index < -0.39 is 11.8 Å². The van der Waals surface area contributed by atoms with E-state index in [1.165, 1.54) is 21.1 Å². The van der Waals surface area contributed by atoms with Crippen LogP contribution in [-0.4, -0.2) is 39.1 Å². The number of nitrogens with one attached hydrogen (secondary N) is 1. The lowest BCUT2D eigenvalue weighted by Gasteiger charge is -2.40. The summed E-state index contributed by atoms with van der Waals surface area (Å²) in [7, 11) is 4.61. The van der Waals surface area contributed by atoms with Gasteiger partial charge in [-0.3, -0.25) is 4.79 Å². The molecule has 5 nitrogen and oxygen atoms in total. The molecule has 1 aliphatic carbocycles. The van der Waals surface area contributed by atoms with E-state index in [9.17, 15) is 4.79 Å². The predicted molar refractivity (Wildman–Crippen MR) is 93.0 cm³/mol. The molecule has 1 aromatic rings. The summed E-state index contributed by atoms with van der Waals surface area (Å²) >= 11 is 0. The van der Waals surface area contributed by atoms with E-state index in [0.29, 0.717) is 5.76 Å². The molecule has 1 N–H and O–H groups in total. The van der Waals surface area contributed by atoms with E-state index in [1.807, 2.05) is 54.6 Å². The maximum absolute atomic E-state index is 11.6. The van der Waals surface area contributed by atoms with Gasteiger partial charge in [-0.05, 0) is 23.3 Å². The van der Waals surface area contributed by atoms with Crippen molar-refractivity contribution in [3.8, 4) is 0 Å². The SMILES string of the molecule is COC1=CC(C=Cc2ccccc2)=CC(OC)C1(NC(C)=O)OC. The highest BCUT2D eigenvalue weighted by Crippen LogP contribution is 2.32. The van der Waals surface area contributed by atoms with Crippen LogP contribution in [0.15, 0.2) is 59.9 Å². The third-order valence-electron chi connectivity index (χ3n) is 3.83. The Morgan fingerprint density at radius 1 is 1.17 bits per heavy atom.